The first-order valence-corrected chi connectivity index (χ1v) is 4.14. The zero-order chi connectivity index (χ0) is 7.68. The molecule has 0 amide bonds. The van der Waals surface area contributed by atoms with Crippen molar-refractivity contribution >= 4 is 11.6 Å². The van der Waals surface area contributed by atoms with Gasteiger partial charge in [-0.2, -0.15) is 0 Å². The largest absolute Gasteiger partial charge is 0.317 e. The molecule has 0 bridgehead atoms. The minimum absolute atomic E-state index is 0.505. The zero-order valence-electron chi connectivity index (χ0n) is 6.13. The van der Waals surface area contributed by atoms with E-state index in [-0.39, 0.29) is 0 Å². The smallest absolute Gasteiger partial charge is 0.128 e. The predicted octanol–water partition coefficient (Wildman–Crippen LogP) is 1.07. The molecule has 2 heterocycles. The van der Waals surface area contributed by atoms with Gasteiger partial charge in [0.05, 0.1) is 12.5 Å². The highest BCUT2D eigenvalue weighted by Gasteiger charge is 2.17. The van der Waals surface area contributed by atoms with Crippen LogP contribution in [0.1, 0.15) is 12.5 Å². The molecule has 0 saturated carbocycles. The molecule has 0 aliphatic carbocycles. The Labute approximate surface area is 70.4 Å². The summed E-state index contributed by atoms with van der Waals surface area (Å²) in [5, 5.41) is 4.02. The molecule has 1 aromatic heterocycles. The van der Waals surface area contributed by atoms with Gasteiger partial charge in [0.1, 0.15) is 5.15 Å². The van der Waals surface area contributed by atoms with Crippen molar-refractivity contribution in [1.82, 2.24) is 14.9 Å². The van der Waals surface area contributed by atoms with Crippen molar-refractivity contribution < 1.29 is 0 Å². The van der Waals surface area contributed by atoms with E-state index in [2.05, 4.69) is 10.3 Å². The summed E-state index contributed by atoms with van der Waals surface area (Å²) in [4.78, 5) is 3.97. The molecule has 1 saturated heterocycles. The molecule has 1 N–H and O–H groups in total. The van der Waals surface area contributed by atoms with Crippen LogP contribution in [-0.4, -0.2) is 22.6 Å². The Balaban J connectivity index is 2.21. The molecule has 1 unspecified atom stereocenters. The lowest BCUT2D eigenvalue weighted by atomic mass is 10.3. The summed E-state index contributed by atoms with van der Waals surface area (Å²) < 4.78 is 2.02. The van der Waals surface area contributed by atoms with Crippen molar-refractivity contribution in [1.29, 1.82) is 0 Å². The normalized spacial score (nSPS) is 24.3. The molecule has 1 fully saturated rings. The highest BCUT2D eigenvalue weighted by atomic mass is 35.5. The van der Waals surface area contributed by atoms with E-state index in [1.807, 2.05) is 4.57 Å². The Morgan fingerprint density at radius 2 is 2.64 bits per heavy atom. The molecule has 0 spiro atoms. The molecule has 3 nitrogen and oxygen atoms in total. The van der Waals surface area contributed by atoms with Crippen molar-refractivity contribution in [3.05, 3.63) is 17.7 Å². The Hall–Kier alpha value is -0.540. The summed E-state index contributed by atoms with van der Waals surface area (Å²) in [6, 6.07) is 0.505. The maximum atomic E-state index is 5.89. The summed E-state index contributed by atoms with van der Waals surface area (Å²) in [6.07, 6.45) is 4.62. The number of aromatic nitrogens is 2. The maximum absolute atomic E-state index is 5.89. The second-order valence-electron chi connectivity index (χ2n) is 2.77. The third-order valence-electron chi connectivity index (χ3n) is 2.05. The van der Waals surface area contributed by atoms with E-state index in [9.17, 15) is 0 Å². The number of hydrogen-bond acceptors (Lipinski definition) is 2. The fraction of sp³-hybridized carbons (Fsp3) is 0.571. The quantitative estimate of drug-likeness (QED) is 0.685. The van der Waals surface area contributed by atoms with Gasteiger partial charge in [-0.3, -0.25) is 0 Å². The van der Waals surface area contributed by atoms with Gasteiger partial charge in [0.15, 0.2) is 0 Å². The molecule has 60 valence electrons. The van der Waals surface area contributed by atoms with Crippen molar-refractivity contribution in [2.75, 3.05) is 13.1 Å². The van der Waals surface area contributed by atoms with Crippen LogP contribution in [0.5, 0.6) is 0 Å². The molecule has 1 aromatic rings. The monoisotopic (exact) mass is 171 g/mol. The Morgan fingerprint density at radius 1 is 1.73 bits per heavy atom. The van der Waals surface area contributed by atoms with Crippen LogP contribution >= 0.6 is 11.6 Å². The summed E-state index contributed by atoms with van der Waals surface area (Å²) in [5.74, 6) is 0. The maximum Gasteiger partial charge on any atom is 0.128 e. The summed E-state index contributed by atoms with van der Waals surface area (Å²) >= 11 is 5.89. The van der Waals surface area contributed by atoms with Crippen LogP contribution in [0.4, 0.5) is 0 Å². The SMILES string of the molecule is Clc1cncn1C1CCNC1. The van der Waals surface area contributed by atoms with Gasteiger partial charge in [-0.25, -0.2) is 4.98 Å². The molecule has 11 heavy (non-hydrogen) atoms. The van der Waals surface area contributed by atoms with Crippen LogP contribution in [-0.2, 0) is 0 Å². The fourth-order valence-corrected chi connectivity index (χ4v) is 1.67. The molecular weight excluding hydrogens is 162 g/mol. The minimum Gasteiger partial charge on any atom is -0.317 e. The van der Waals surface area contributed by atoms with Crippen LogP contribution in [0.25, 0.3) is 0 Å². The van der Waals surface area contributed by atoms with Crippen molar-refractivity contribution in [2.45, 2.75) is 12.5 Å². The lowest BCUT2D eigenvalue weighted by Crippen LogP contribution is -2.12. The van der Waals surface area contributed by atoms with Crippen LogP contribution in [0.15, 0.2) is 12.5 Å². The molecule has 4 heteroatoms. The molecule has 1 aliphatic rings. The van der Waals surface area contributed by atoms with E-state index in [4.69, 9.17) is 11.6 Å². The number of rotatable bonds is 1. The summed E-state index contributed by atoms with van der Waals surface area (Å²) in [7, 11) is 0. The fourth-order valence-electron chi connectivity index (χ4n) is 1.43. The van der Waals surface area contributed by atoms with Gasteiger partial charge in [-0.1, -0.05) is 11.6 Å². The van der Waals surface area contributed by atoms with E-state index >= 15 is 0 Å². The van der Waals surface area contributed by atoms with Crippen molar-refractivity contribution in [3.63, 3.8) is 0 Å². The van der Waals surface area contributed by atoms with Gasteiger partial charge >= 0.3 is 0 Å². The van der Waals surface area contributed by atoms with Gasteiger partial charge < -0.3 is 9.88 Å². The number of halogens is 1. The third kappa shape index (κ3) is 1.26. The van der Waals surface area contributed by atoms with Crippen LogP contribution < -0.4 is 5.32 Å². The highest BCUT2D eigenvalue weighted by molar-refractivity contribution is 6.29. The van der Waals surface area contributed by atoms with Gasteiger partial charge in [-0.15, -0.1) is 0 Å². The van der Waals surface area contributed by atoms with Gasteiger partial charge in [-0.05, 0) is 13.0 Å². The van der Waals surface area contributed by atoms with Gasteiger partial charge in [0.2, 0.25) is 0 Å². The van der Waals surface area contributed by atoms with E-state index in [0.29, 0.717) is 6.04 Å². The second kappa shape index (κ2) is 2.83. The minimum atomic E-state index is 0.505. The van der Waals surface area contributed by atoms with E-state index in [1.54, 1.807) is 12.5 Å². The first kappa shape index (κ1) is 7.13. The lowest BCUT2D eigenvalue weighted by Gasteiger charge is -2.10. The van der Waals surface area contributed by atoms with Crippen LogP contribution in [0.3, 0.4) is 0 Å². The number of nitrogens with one attached hydrogen (secondary N) is 1. The average Bonchev–Trinajstić information content (AvgIpc) is 2.55. The van der Waals surface area contributed by atoms with Crippen LogP contribution in [0, 0.1) is 0 Å². The Kier molecular flexibility index (Phi) is 1.84. The Bertz CT molecular complexity index is 240. The lowest BCUT2D eigenvalue weighted by molar-refractivity contribution is 0.547. The summed E-state index contributed by atoms with van der Waals surface area (Å²) in [5.41, 5.74) is 0. The van der Waals surface area contributed by atoms with E-state index in [1.165, 1.54) is 0 Å². The predicted molar refractivity (Wildman–Crippen MR) is 43.8 cm³/mol. The number of nitrogens with zero attached hydrogens (tertiary/aromatic N) is 2. The number of hydrogen-bond donors (Lipinski definition) is 1. The molecular formula is C7H10ClN3. The third-order valence-corrected chi connectivity index (χ3v) is 2.34. The van der Waals surface area contributed by atoms with Crippen LogP contribution in [0.2, 0.25) is 5.15 Å². The van der Waals surface area contributed by atoms with E-state index < -0.39 is 0 Å². The molecule has 2 rings (SSSR count). The highest BCUT2D eigenvalue weighted by Crippen LogP contribution is 2.19. The topological polar surface area (TPSA) is 29.9 Å². The second-order valence-corrected chi connectivity index (χ2v) is 3.16. The van der Waals surface area contributed by atoms with Gasteiger partial charge in [0, 0.05) is 12.6 Å². The molecule has 1 atom stereocenters. The molecule has 1 aliphatic heterocycles. The average molecular weight is 172 g/mol. The number of imidazole rings is 1. The zero-order valence-corrected chi connectivity index (χ0v) is 6.88. The Morgan fingerprint density at radius 3 is 3.18 bits per heavy atom. The molecule has 0 aromatic carbocycles. The summed E-state index contributed by atoms with van der Waals surface area (Å²) in [6.45, 7) is 2.09. The van der Waals surface area contributed by atoms with Crippen molar-refractivity contribution in [3.8, 4) is 0 Å². The van der Waals surface area contributed by atoms with Gasteiger partial charge in [0.25, 0.3) is 0 Å². The first-order chi connectivity index (χ1) is 5.38. The standard InChI is InChI=1S/C7H10ClN3/c8-7-4-10-5-11(7)6-1-2-9-3-6/h4-6,9H,1-3H2. The van der Waals surface area contributed by atoms with Crippen molar-refractivity contribution in [2.24, 2.45) is 0 Å². The van der Waals surface area contributed by atoms with E-state index in [0.717, 1.165) is 24.7 Å². The first-order valence-electron chi connectivity index (χ1n) is 3.76. The molecule has 0 radical (unpaired) electrons.